The van der Waals surface area contributed by atoms with Crippen molar-refractivity contribution in [3.8, 4) is 11.1 Å². The van der Waals surface area contributed by atoms with Crippen LogP contribution in [0.3, 0.4) is 0 Å². The Balaban J connectivity index is 1.28. The number of nitrogens with one attached hydrogen (secondary N) is 2. The maximum Gasteiger partial charge on any atom is 0.408 e. The lowest BCUT2D eigenvalue weighted by molar-refractivity contribution is -0.150. The highest BCUT2D eigenvalue weighted by Gasteiger charge is 2.62. The molecule has 2 amide bonds. The fourth-order valence-electron chi connectivity index (χ4n) is 5.88. The van der Waals surface area contributed by atoms with Gasteiger partial charge in [-0.1, -0.05) is 55.0 Å². The molecule has 3 aliphatic carbocycles. The van der Waals surface area contributed by atoms with Crippen LogP contribution in [0, 0.1) is 5.41 Å². The first-order valence-electron chi connectivity index (χ1n) is 11.6. The van der Waals surface area contributed by atoms with E-state index in [1.165, 1.54) is 0 Å². The third-order valence-corrected chi connectivity index (χ3v) is 7.67. The van der Waals surface area contributed by atoms with Crippen molar-refractivity contribution >= 4 is 18.0 Å². The van der Waals surface area contributed by atoms with Crippen LogP contribution in [0.25, 0.3) is 11.1 Å². The molecule has 2 fully saturated rings. The van der Waals surface area contributed by atoms with E-state index >= 15 is 0 Å². The van der Waals surface area contributed by atoms with Crippen LogP contribution in [-0.4, -0.2) is 53.0 Å². The van der Waals surface area contributed by atoms with Gasteiger partial charge >= 0.3 is 12.1 Å². The van der Waals surface area contributed by atoms with Crippen LogP contribution in [0.5, 0.6) is 0 Å². The van der Waals surface area contributed by atoms with E-state index in [9.17, 15) is 24.6 Å². The molecule has 0 unspecified atom stereocenters. The zero-order valence-corrected chi connectivity index (χ0v) is 18.8. The molecule has 8 heteroatoms. The number of rotatable bonds is 7. The molecule has 0 aliphatic heterocycles. The maximum absolute atomic E-state index is 13.0. The van der Waals surface area contributed by atoms with Crippen molar-refractivity contribution in [3.63, 3.8) is 0 Å². The summed E-state index contributed by atoms with van der Waals surface area (Å²) in [6, 6.07) is 14.6. The highest BCUT2D eigenvalue weighted by Crippen LogP contribution is 2.60. The van der Waals surface area contributed by atoms with Crippen LogP contribution >= 0.6 is 0 Å². The smallest absolute Gasteiger partial charge is 0.408 e. The molecule has 0 bridgehead atoms. The number of aliphatic hydroxyl groups excluding tert-OH is 1. The van der Waals surface area contributed by atoms with Crippen LogP contribution in [0.1, 0.15) is 49.1 Å². The van der Waals surface area contributed by atoms with Gasteiger partial charge in [0.2, 0.25) is 5.91 Å². The van der Waals surface area contributed by atoms with Crippen molar-refractivity contribution < 1.29 is 29.3 Å². The predicted octanol–water partition coefficient (Wildman–Crippen LogP) is 2.79. The van der Waals surface area contributed by atoms with Gasteiger partial charge in [-0.05, 0) is 53.4 Å². The average Bonchev–Trinajstić information content (AvgIpc) is 3.10. The quantitative estimate of drug-likeness (QED) is 0.499. The normalized spacial score (nSPS) is 19.7. The van der Waals surface area contributed by atoms with Gasteiger partial charge in [0.1, 0.15) is 18.2 Å². The molecular formula is C26H28N2O6. The second-order valence-electron chi connectivity index (χ2n) is 9.79. The second-order valence-corrected chi connectivity index (χ2v) is 9.79. The lowest BCUT2D eigenvalue weighted by atomic mass is 9.48. The summed E-state index contributed by atoms with van der Waals surface area (Å²) in [6.07, 6.45) is 3.22. The van der Waals surface area contributed by atoms with E-state index in [-0.39, 0.29) is 17.9 Å². The summed E-state index contributed by atoms with van der Waals surface area (Å²) in [5.74, 6) is -2.03. The number of carbonyl (C=O) groups is 3. The van der Waals surface area contributed by atoms with Gasteiger partial charge in [-0.2, -0.15) is 0 Å². The Morgan fingerprint density at radius 2 is 1.59 bits per heavy atom. The molecule has 178 valence electrons. The van der Waals surface area contributed by atoms with Crippen LogP contribution in [0.15, 0.2) is 48.5 Å². The maximum atomic E-state index is 13.0. The Hall–Kier alpha value is -3.39. The Morgan fingerprint density at radius 3 is 2.09 bits per heavy atom. The number of amides is 2. The van der Waals surface area contributed by atoms with E-state index in [0.29, 0.717) is 12.8 Å². The van der Waals surface area contributed by atoms with Crippen LogP contribution in [-0.2, 0) is 14.3 Å². The van der Waals surface area contributed by atoms with Crippen LogP contribution in [0.2, 0.25) is 0 Å². The SMILES string of the molecule is O=C(NC1(C(=O)N[C@@H](CO)C(=O)O)CC2(CCC2)C1)OCC1c2ccccc2-c2ccccc21. The minimum Gasteiger partial charge on any atom is -0.480 e. The highest BCUT2D eigenvalue weighted by atomic mass is 16.5. The topological polar surface area (TPSA) is 125 Å². The van der Waals surface area contributed by atoms with Gasteiger partial charge in [0.15, 0.2) is 0 Å². The zero-order chi connectivity index (χ0) is 23.9. The van der Waals surface area contributed by atoms with E-state index in [2.05, 4.69) is 22.8 Å². The molecule has 4 N–H and O–H groups in total. The number of hydrogen-bond donors (Lipinski definition) is 4. The summed E-state index contributed by atoms with van der Waals surface area (Å²) in [5, 5.41) is 23.6. The number of carbonyl (C=O) groups excluding carboxylic acids is 2. The van der Waals surface area contributed by atoms with Gasteiger partial charge in [-0.25, -0.2) is 9.59 Å². The molecule has 5 rings (SSSR count). The fourth-order valence-corrected chi connectivity index (χ4v) is 5.88. The number of hydrogen-bond acceptors (Lipinski definition) is 5. The average molecular weight is 465 g/mol. The first-order valence-corrected chi connectivity index (χ1v) is 11.6. The van der Waals surface area contributed by atoms with E-state index in [1.54, 1.807) is 0 Å². The van der Waals surface area contributed by atoms with Gasteiger partial charge in [0.25, 0.3) is 0 Å². The molecule has 0 radical (unpaired) electrons. The van der Waals surface area contributed by atoms with Gasteiger partial charge in [0.05, 0.1) is 6.61 Å². The molecule has 2 saturated carbocycles. The van der Waals surface area contributed by atoms with Crippen molar-refractivity contribution in [2.75, 3.05) is 13.2 Å². The Kier molecular flexibility index (Phi) is 5.56. The third kappa shape index (κ3) is 3.72. The monoisotopic (exact) mass is 464 g/mol. The predicted molar refractivity (Wildman–Crippen MR) is 123 cm³/mol. The van der Waals surface area contributed by atoms with Crippen LogP contribution in [0.4, 0.5) is 4.79 Å². The molecular weight excluding hydrogens is 436 g/mol. The van der Waals surface area contributed by atoms with E-state index in [0.717, 1.165) is 41.5 Å². The first kappa shape index (κ1) is 22.4. The first-order chi connectivity index (χ1) is 16.4. The zero-order valence-electron chi connectivity index (χ0n) is 18.8. The van der Waals surface area contributed by atoms with Crippen molar-refractivity contribution in [1.29, 1.82) is 0 Å². The molecule has 2 aromatic rings. The summed E-state index contributed by atoms with van der Waals surface area (Å²) in [4.78, 5) is 37.2. The van der Waals surface area contributed by atoms with E-state index in [1.807, 2.05) is 36.4 Å². The fraction of sp³-hybridized carbons (Fsp3) is 0.423. The lowest BCUT2D eigenvalue weighted by Crippen LogP contribution is -2.71. The summed E-state index contributed by atoms with van der Waals surface area (Å²) in [6.45, 7) is -0.607. The highest BCUT2D eigenvalue weighted by molar-refractivity contribution is 5.94. The standard InChI is InChI=1S/C26H28N2O6/c29-12-21(22(30)31)27-23(32)26(14-25(15-26)10-5-11-25)28-24(33)34-13-20-18-8-3-1-6-16(18)17-7-2-4-9-19(17)20/h1-4,6-9,20-21,29H,5,10-15H2,(H,27,32)(H,28,33)(H,30,31)/t21-/m0/s1. The largest absolute Gasteiger partial charge is 0.480 e. The number of carboxylic acid groups (broad SMARTS) is 1. The summed E-state index contributed by atoms with van der Waals surface area (Å²) in [5.41, 5.74) is 3.22. The molecule has 0 heterocycles. The van der Waals surface area contributed by atoms with Crippen LogP contribution < -0.4 is 10.6 Å². The van der Waals surface area contributed by atoms with E-state index in [4.69, 9.17) is 4.74 Å². The minimum atomic E-state index is -1.42. The Morgan fingerprint density at radius 1 is 1.00 bits per heavy atom. The van der Waals surface area contributed by atoms with Gasteiger partial charge in [-0.3, -0.25) is 4.79 Å². The molecule has 2 aromatic carbocycles. The van der Waals surface area contributed by atoms with Crippen molar-refractivity contribution in [2.45, 2.75) is 49.6 Å². The summed E-state index contributed by atoms with van der Waals surface area (Å²) >= 11 is 0. The number of aliphatic hydroxyl groups is 1. The summed E-state index contributed by atoms with van der Waals surface area (Å²) in [7, 11) is 0. The summed E-state index contributed by atoms with van der Waals surface area (Å²) < 4.78 is 5.62. The Bertz CT molecular complexity index is 1090. The van der Waals surface area contributed by atoms with Crippen molar-refractivity contribution in [2.24, 2.45) is 5.41 Å². The second kappa shape index (κ2) is 8.43. The number of alkyl carbamates (subject to hydrolysis) is 1. The number of benzene rings is 2. The molecule has 1 spiro atoms. The van der Waals surface area contributed by atoms with Gasteiger partial charge in [-0.15, -0.1) is 0 Å². The minimum absolute atomic E-state index is 0.0197. The van der Waals surface area contributed by atoms with Crippen molar-refractivity contribution in [3.05, 3.63) is 59.7 Å². The molecule has 34 heavy (non-hydrogen) atoms. The lowest BCUT2D eigenvalue weighted by Gasteiger charge is -2.59. The number of carboxylic acids is 1. The molecule has 0 aromatic heterocycles. The van der Waals surface area contributed by atoms with E-state index < -0.39 is 36.2 Å². The number of aliphatic carboxylic acids is 1. The number of ether oxygens (including phenoxy) is 1. The molecule has 1 atom stereocenters. The third-order valence-electron chi connectivity index (χ3n) is 7.67. The molecule has 8 nitrogen and oxygen atoms in total. The molecule has 3 aliphatic rings. The Labute approximate surface area is 197 Å². The number of fused-ring (bicyclic) bond motifs is 3. The van der Waals surface area contributed by atoms with Gasteiger partial charge < -0.3 is 25.6 Å². The molecule has 0 saturated heterocycles. The van der Waals surface area contributed by atoms with Crippen molar-refractivity contribution in [1.82, 2.24) is 10.6 Å². The van der Waals surface area contributed by atoms with Gasteiger partial charge in [0, 0.05) is 5.92 Å².